The lowest BCUT2D eigenvalue weighted by Gasteiger charge is -2.13. The van der Waals surface area contributed by atoms with Crippen LogP contribution in [0, 0.1) is 0 Å². The second-order valence-electron chi connectivity index (χ2n) is 3.79. The van der Waals surface area contributed by atoms with Crippen LogP contribution in [0.2, 0.25) is 0 Å². The van der Waals surface area contributed by atoms with Gasteiger partial charge in [-0.15, -0.1) is 5.10 Å². The highest BCUT2D eigenvalue weighted by Gasteiger charge is 2.23. The molecule has 5 nitrogen and oxygen atoms in total. The molecule has 0 saturated carbocycles. The molecule has 0 saturated heterocycles. The number of nitrogens with one attached hydrogen (secondary N) is 1. The van der Waals surface area contributed by atoms with Gasteiger partial charge in [-0.1, -0.05) is 18.3 Å². The summed E-state index contributed by atoms with van der Waals surface area (Å²) in [6.45, 7) is 4.16. The van der Waals surface area contributed by atoms with Crippen molar-refractivity contribution in [3.05, 3.63) is 34.7 Å². The van der Waals surface area contributed by atoms with Crippen LogP contribution in [-0.4, -0.2) is 9.59 Å². The van der Waals surface area contributed by atoms with Crippen molar-refractivity contribution >= 4 is 11.5 Å². The summed E-state index contributed by atoms with van der Waals surface area (Å²) in [4.78, 5) is 1.01. The van der Waals surface area contributed by atoms with Crippen LogP contribution in [0.4, 0.5) is 0 Å². The zero-order valence-corrected chi connectivity index (χ0v) is 9.99. The summed E-state index contributed by atoms with van der Waals surface area (Å²) in [6, 6.07) is 3.55. The van der Waals surface area contributed by atoms with Gasteiger partial charge in [0.05, 0.1) is 16.8 Å². The number of aromatic nitrogens is 2. The number of hydrazine groups is 1. The Hall–Kier alpha value is -1.24. The number of hydrogen-bond acceptors (Lipinski definition) is 6. The Morgan fingerprint density at radius 3 is 2.88 bits per heavy atom. The predicted molar refractivity (Wildman–Crippen MR) is 61.9 cm³/mol. The Kier molecular flexibility index (Phi) is 3.33. The quantitative estimate of drug-likeness (QED) is 0.627. The SMILES string of the molecule is CC(C)c1nnsc1C(NN)c1ccco1. The largest absolute Gasteiger partial charge is 0.467 e. The molecule has 0 radical (unpaired) electrons. The van der Waals surface area contributed by atoms with Crippen LogP contribution in [0.1, 0.15) is 42.1 Å². The molecule has 86 valence electrons. The van der Waals surface area contributed by atoms with Gasteiger partial charge in [0.1, 0.15) is 11.8 Å². The summed E-state index contributed by atoms with van der Waals surface area (Å²) < 4.78 is 9.33. The van der Waals surface area contributed by atoms with Crippen LogP contribution < -0.4 is 11.3 Å². The fourth-order valence-corrected chi connectivity index (χ4v) is 2.42. The van der Waals surface area contributed by atoms with E-state index in [2.05, 4.69) is 28.9 Å². The lowest BCUT2D eigenvalue weighted by atomic mass is 10.1. The van der Waals surface area contributed by atoms with E-state index in [9.17, 15) is 0 Å². The molecule has 2 aromatic heterocycles. The Balaban J connectivity index is 2.37. The first kappa shape index (κ1) is 11.3. The van der Waals surface area contributed by atoms with E-state index in [0.29, 0.717) is 5.92 Å². The number of nitrogens with two attached hydrogens (primary N) is 1. The van der Waals surface area contributed by atoms with Crippen molar-refractivity contribution < 1.29 is 4.42 Å². The lowest BCUT2D eigenvalue weighted by Crippen LogP contribution is -2.28. The predicted octanol–water partition coefficient (Wildman–Crippen LogP) is 1.81. The summed E-state index contributed by atoms with van der Waals surface area (Å²) in [5.41, 5.74) is 3.70. The van der Waals surface area contributed by atoms with Crippen LogP contribution in [0.5, 0.6) is 0 Å². The maximum Gasteiger partial charge on any atom is 0.127 e. The van der Waals surface area contributed by atoms with Crippen LogP contribution in [-0.2, 0) is 0 Å². The molecule has 0 bridgehead atoms. The third-order valence-electron chi connectivity index (χ3n) is 2.34. The second kappa shape index (κ2) is 4.73. The summed E-state index contributed by atoms with van der Waals surface area (Å²) >= 11 is 1.35. The summed E-state index contributed by atoms with van der Waals surface area (Å²) in [7, 11) is 0. The smallest absolute Gasteiger partial charge is 0.127 e. The molecule has 0 aromatic carbocycles. The van der Waals surface area contributed by atoms with Crippen LogP contribution in [0.15, 0.2) is 22.8 Å². The molecule has 2 aromatic rings. The van der Waals surface area contributed by atoms with Crippen molar-refractivity contribution in [2.75, 3.05) is 0 Å². The summed E-state index contributed by atoms with van der Waals surface area (Å²) in [5.74, 6) is 6.66. The van der Waals surface area contributed by atoms with Gasteiger partial charge in [-0.2, -0.15) is 0 Å². The van der Waals surface area contributed by atoms with Crippen molar-refractivity contribution in [2.24, 2.45) is 5.84 Å². The van der Waals surface area contributed by atoms with Gasteiger partial charge in [0.15, 0.2) is 0 Å². The van der Waals surface area contributed by atoms with Crippen molar-refractivity contribution in [1.82, 2.24) is 15.0 Å². The first-order valence-electron chi connectivity index (χ1n) is 5.05. The number of nitrogens with zero attached hydrogens (tertiary/aromatic N) is 2. The van der Waals surface area contributed by atoms with E-state index in [1.54, 1.807) is 6.26 Å². The lowest BCUT2D eigenvalue weighted by molar-refractivity contribution is 0.453. The van der Waals surface area contributed by atoms with Gasteiger partial charge >= 0.3 is 0 Å². The molecule has 0 spiro atoms. The normalized spacial score (nSPS) is 13.2. The topological polar surface area (TPSA) is 77.0 Å². The van der Waals surface area contributed by atoms with Crippen LogP contribution >= 0.6 is 11.5 Å². The summed E-state index contributed by atoms with van der Waals surface area (Å²) in [6.07, 6.45) is 1.63. The fraction of sp³-hybridized carbons (Fsp3) is 0.400. The standard InChI is InChI=1S/C10H14N4OS/c1-6(2)8-10(16-14-13-8)9(12-11)7-4-3-5-15-7/h3-6,9,12H,11H2,1-2H3. The first-order valence-corrected chi connectivity index (χ1v) is 5.83. The molecular formula is C10H14N4OS. The highest BCUT2D eigenvalue weighted by Crippen LogP contribution is 2.30. The second-order valence-corrected chi connectivity index (χ2v) is 4.58. The van der Waals surface area contributed by atoms with E-state index in [0.717, 1.165) is 16.3 Å². The van der Waals surface area contributed by atoms with E-state index in [-0.39, 0.29) is 6.04 Å². The van der Waals surface area contributed by atoms with Gasteiger partial charge in [-0.05, 0) is 29.6 Å². The Morgan fingerprint density at radius 2 is 2.31 bits per heavy atom. The molecule has 16 heavy (non-hydrogen) atoms. The molecule has 2 heterocycles. The zero-order valence-electron chi connectivity index (χ0n) is 9.18. The highest BCUT2D eigenvalue weighted by atomic mass is 32.1. The van der Waals surface area contributed by atoms with Crippen LogP contribution in [0.3, 0.4) is 0 Å². The number of rotatable bonds is 4. The van der Waals surface area contributed by atoms with E-state index < -0.39 is 0 Å². The average Bonchev–Trinajstić information content (AvgIpc) is 2.88. The number of hydrogen-bond donors (Lipinski definition) is 2. The molecule has 0 aliphatic carbocycles. The Morgan fingerprint density at radius 1 is 1.50 bits per heavy atom. The van der Waals surface area contributed by atoms with E-state index in [4.69, 9.17) is 10.3 Å². The molecule has 2 rings (SSSR count). The number of furan rings is 1. The highest BCUT2D eigenvalue weighted by molar-refractivity contribution is 7.05. The maximum atomic E-state index is 5.57. The Bertz CT molecular complexity index is 437. The molecule has 1 atom stereocenters. The van der Waals surface area contributed by atoms with Crippen molar-refractivity contribution in [3.8, 4) is 0 Å². The monoisotopic (exact) mass is 238 g/mol. The van der Waals surface area contributed by atoms with Gasteiger partial charge < -0.3 is 4.42 Å². The molecule has 3 N–H and O–H groups in total. The average molecular weight is 238 g/mol. The minimum absolute atomic E-state index is 0.174. The van der Waals surface area contributed by atoms with Gasteiger partial charge in [-0.25, -0.2) is 5.43 Å². The van der Waals surface area contributed by atoms with Crippen molar-refractivity contribution in [2.45, 2.75) is 25.8 Å². The van der Waals surface area contributed by atoms with Crippen LogP contribution in [0.25, 0.3) is 0 Å². The minimum atomic E-state index is -0.174. The molecule has 1 unspecified atom stereocenters. The zero-order chi connectivity index (χ0) is 11.5. The van der Waals surface area contributed by atoms with Crippen molar-refractivity contribution in [3.63, 3.8) is 0 Å². The Labute approximate surface area is 97.8 Å². The third kappa shape index (κ3) is 1.99. The van der Waals surface area contributed by atoms with Gasteiger partial charge in [-0.3, -0.25) is 5.84 Å². The first-order chi connectivity index (χ1) is 7.74. The summed E-state index contributed by atoms with van der Waals surface area (Å²) in [5, 5.41) is 4.13. The van der Waals surface area contributed by atoms with Crippen molar-refractivity contribution in [1.29, 1.82) is 0 Å². The van der Waals surface area contributed by atoms with E-state index >= 15 is 0 Å². The molecule has 0 fully saturated rings. The molecular weight excluding hydrogens is 224 g/mol. The van der Waals surface area contributed by atoms with E-state index in [1.807, 2.05) is 12.1 Å². The minimum Gasteiger partial charge on any atom is -0.467 e. The molecule has 0 aliphatic rings. The van der Waals surface area contributed by atoms with Gasteiger partial charge in [0, 0.05) is 0 Å². The third-order valence-corrected chi connectivity index (χ3v) is 3.15. The molecule has 6 heteroatoms. The van der Waals surface area contributed by atoms with E-state index in [1.165, 1.54) is 11.5 Å². The fourth-order valence-electron chi connectivity index (χ4n) is 1.55. The van der Waals surface area contributed by atoms with Gasteiger partial charge in [0.2, 0.25) is 0 Å². The van der Waals surface area contributed by atoms with Gasteiger partial charge in [0.25, 0.3) is 0 Å². The molecule has 0 aliphatic heterocycles. The maximum absolute atomic E-state index is 5.57. The molecule has 0 amide bonds.